The number of fused-ring (bicyclic) bond motifs is 1. The molecule has 4 nitrogen and oxygen atoms in total. The molecule has 1 heterocycles. The fraction of sp³-hybridized carbons (Fsp3) is 0.111. The van der Waals surface area contributed by atoms with Crippen LogP contribution in [0.1, 0.15) is 15.9 Å². The van der Waals surface area contributed by atoms with E-state index in [1.165, 1.54) is 0 Å². The van der Waals surface area contributed by atoms with E-state index in [1.807, 2.05) is 18.2 Å². The van der Waals surface area contributed by atoms with Crippen LogP contribution in [0.4, 0.5) is 0 Å². The van der Waals surface area contributed by atoms with Crippen LogP contribution >= 0.6 is 27.5 Å². The van der Waals surface area contributed by atoms with E-state index < -0.39 is 11.5 Å². The summed E-state index contributed by atoms with van der Waals surface area (Å²) in [5, 5.41) is 4.07. The van der Waals surface area contributed by atoms with Gasteiger partial charge in [0.2, 0.25) is 0 Å². The van der Waals surface area contributed by atoms with E-state index >= 15 is 0 Å². The maximum Gasteiger partial charge on any atom is 0.349 e. The van der Waals surface area contributed by atoms with E-state index in [-0.39, 0.29) is 5.56 Å². The largest absolute Gasteiger partial charge is 0.422 e. The first-order chi connectivity index (χ1) is 11.5. The summed E-state index contributed by atoms with van der Waals surface area (Å²) in [6.07, 6.45) is 0.622. The molecule has 6 heteroatoms. The zero-order valence-electron chi connectivity index (χ0n) is 12.5. The number of rotatable bonds is 4. The average molecular weight is 407 g/mol. The number of hydrogen-bond acceptors (Lipinski definition) is 3. The molecule has 0 unspecified atom stereocenters. The van der Waals surface area contributed by atoms with Gasteiger partial charge in [0.05, 0.1) is 0 Å². The molecule has 0 bridgehead atoms. The van der Waals surface area contributed by atoms with Crippen LogP contribution in [-0.2, 0) is 6.42 Å². The van der Waals surface area contributed by atoms with Gasteiger partial charge in [-0.1, -0.05) is 39.7 Å². The van der Waals surface area contributed by atoms with Gasteiger partial charge >= 0.3 is 5.63 Å². The highest BCUT2D eigenvalue weighted by Gasteiger charge is 2.13. The van der Waals surface area contributed by atoms with Crippen LogP contribution in [0.25, 0.3) is 11.0 Å². The number of carbonyl (C=O) groups excluding carboxylic acids is 1. The molecule has 0 spiro atoms. The first-order valence-corrected chi connectivity index (χ1v) is 8.46. The summed E-state index contributed by atoms with van der Waals surface area (Å²) in [6, 6.07) is 14.2. The zero-order chi connectivity index (χ0) is 17.1. The molecule has 3 rings (SSSR count). The van der Waals surface area contributed by atoms with Crippen molar-refractivity contribution in [2.45, 2.75) is 6.42 Å². The van der Waals surface area contributed by atoms with Gasteiger partial charge < -0.3 is 9.73 Å². The number of amides is 1. The lowest BCUT2D eigenvalue weighted by Crippen LogP contribution is -2.29. The summed E-state index contributed by atoms with van der Waals surface area (Å²) in [4.78, 5) is 24.2. The van der Waals surface area contributed by atoms with Gasteiger partial charge in [-0.05, 0) is 48.4 Å². The number of benzene rings is 2. The average Bonchev–Trinajstić information content (AvgIpc) is 2.54. The fourth-order valence-corrected chi connectivity index (χ4v) is 2.95. The van der Waals surface area contributed by atoms with Gasteiger partial charge in [-0.25, -0.2) is 4.79 Å². The molecule has 0 saturated carbocycles. The Morgan fingerprint density at radius 2 is 2.00 bits per heavy atom. The Morgan fingerprint density at radius 1 is 1.17 bits per heavy atom. The number of hydrogen-bond donors (Lipinski definition) is 1. The van der Waals surface area contributed by atoms with E-state index in [9.17, 15) is 9.59 Å². The Labute approximate surface area is 151 Å². The Hall–Kier alpha value is -2.11. The summed E-state index contributed by atoms with van der Waals surface area (Å²) in [5.41, 5.74) is 0.799. The van der Waals surface area contributed by atoms with Gasteiger partial charge in [0.25, 0.3) is 5.91 Å². The molecular formula is C18H13BrClNO3. The first-order valence-electron chi connectivity index (χ1n) is 7.29. The fourth-order valence-electron chi connectivity index (χ4n) is 2.36. The molecule has 0 saturated heterocycles. The molecule has 0 radical (unpaired) electrons. The number of halogens is 2. The Balaban J connectivity index is 1.73. The minimum atomic E-state index is -0.648. The molecule has 0 aliphatic heterocycles. The predicted octanol–water partition coefficient (Wildman–Crippen LogP) is 4.18. The van der Waals surface area contributed by atoms with Gasteiger partial charge in [0.1, 0.15) is 11.1 Å². The minimum Gasteiger partial charge on any atom is -0.422 e. The SMILES string of the molecule is O=C(NCCc1cccc(Cl)c1)c1cc2cc(Br)ccc2oc1=O. The van der Waals surface area contributed by atoms with Crippen molar-refractivity contribution < 1.29 is 9.21 Å². The van der Waals surface area contributed by atoms with Crippen LogP contribution in [0.3, 0.4) is 0 Å². The topological polar surface area (TPSA) is 59.3 Å². The third kappa shape index (κ3) is 3.86. The highest BCUT2D eigenvalue weighted by molar-refractivity contribution is 9.10. The molecule has 3 aromatic rings. The molecule has 0 aliphatic rings. The predicted molar refractivity (Wildman–Crippen MR) is 97.7 cm³/mol. The molecule has 2 aromatic carbocycles. The smallest absolute Gasteiger partial charge is 0.349 e. The highest BCUT2D eigenvalue weighted by Crippen LogP contribution is 2.19. The lowest BCUT2D eigenvalue weighted by molar-refractivity contribution is 0.0950. The standard InChI is InChI=1S/C18H13BrClNO3/c19-13-4-5-16-12(9-13)10-15(18(23)24-16)17(22)21-7-6-11-2-1-3-14(20)8-11/h1-5,8-10H,6-7H2,(H,21,22). The van der Waals surface area contributed by atoms with Crippen molar-refractivity contribution in [3.05, 3.63) is 79.6 Å². The van der Waals surface area contributed by atoms with E-state index in [0.717, 1.165) is 10.0 Å². The normalized spacial score (nSPS) is 10.8. The van der Waals surface area contributed by atoms with Crippen molar-refractivity contribution >= 4 is 44.4 Å². The number of nitrogens with one attached hydrogen (secondary N) is 1. The summed E-state index contributed by atoms with van der Waals surface area (Å²) >= 11 is 9.28. The van der Waals surface area contributed by atoms with Gasteiger partial charge in [-0.3, -0.25) is 4.79 Å². The maximum absolute atomic E-state index is 12.2. The third-order valence-electron chi connectivity index (χ3n) is 3.53. The summed E-state index contributed by atoms with van der Waals surface area (Å²) < 4.78 is 6.04. The van der Waals surface area contributed by atoms with Crippen LogP contribution in [0, 0.1) is 0 Å². The van der Waals surface area contributed by atoms with E-state index in [2.05, 4.69) is 21.2 Å². The van der Waals surface area contributed by atoms with Gasteiger partial charge in [-0.15, -0.1) is 0 Å². The van der Waals surface area contributed by atoms with Gasteiger partial charge in [0, 0.05) is 21.4 Å². The molecule has 122 valence electrons. The Morgan fingerprint density at radius 3 is 2.79 bits per heavy atom. The second kappa shape index (κ2) is 7.20. The first kappa shape index (κ1) is 16.7. The maximum atomic E-state index is 12.2. The Bertz CT molecular complexity index is 968. The third-order valence-corrected chi connectivity index (χ3v) is 4.26. The van der Waals surface area contributed by atoms with Crippen molar-refractivity contribution in [1.29, 1.82) is 0 Å². The van der Waals surface area contributed by atoms with Crippen LogP contribution in [-0.4, -0.2) is 12.5 Å². The molecule has 1 N–H and O–H groups in total. The summed E-state index contributed by atoms with van der Waals surface area (Å²) in [6.45, 7) is 0.398. The molecule has 1 aromatic heterocycles. The number of carbonyl (C=O) groups is 1. The highest BCUT2D eigenvalue weighted by atomic mass is 79.9. The molecule has 24 heavy (non-hydrogen) atoms. The monoisotopic (exact) mass is 405 g/mol. The minimum absolute atomic E-state index is 0.00769. The molecule has 0 aliphatic carbocycles. The molecular weight excluding hydrogens is 394 g/mol. The quantitative estimate of drug-likeness (QED) is 0.661. The Kier molecular flexibility index (Phi) is 5.02. The van der Waals surface area contributed by atoms with Gasteiger partial charge in [-0.2, -0.15) is 0 Å². The van der Waals surface area contributed by atoms with E-state index in [1.54, 1.807) is 30.3 Å². The van der Waals surface area contributed by atoms with Crippen LogP contribution < -0.4 is 10.9 Å². The summed E-state index contributed by atoms with van der Waals surface area (Å²) in [7, 11) is 0. The van der Waals surface area contributed by atoms with E-state index in [0.29, 0.717) is 29.0 Å². The van der Waals surface area contributed by atoms with Gasteiger partial charge in [0.15, 0.2) is 0 Å². The van der Waals surface area contributed by atoms with Crippen molar-refractivity contribution in [2.24, 2.45) is 0 Å². The van der Waals surface area contributed by atoms with Crippen LogP contribution in [0.15, 0.2) is 62.2 Å². The van der Waals surface area contributed by atoms with Crippen LogP contribution in [0.2, 0.25) is 5.02 Å². The van der Waals surface area contributed by atoms with Crippen LogP contribution in [0.5, 0.6) is 0 Å². The van der Waals surface area contributed by atoms with Crippen molar-refractivity contribution in [3.63, 3.8) is 0 Å². The second-order valence-electron chi connectivity index (χ2n) is 5.27. The van der Waals surface area contributed by atoms with Crippen molar-refractivity contribution in [3.8, 4) is 0 Å². The molecule has 0 fully saturated rings. The molecule has 0 atom stereocenters. The second-order valence-corrected chi connectivity index (χ2v) is 6.62. The summed E-state index contributed by atoms with van der Waals surface area (Å²) in [5.74, 6) is -0.451. The van der Waals surface area contributed by atoms with Crippen molar-refractivity contribution in [1.82, 2.24) is 5.32 Å². The zero-order valence-corrected chi connectivity index (χ0v) is 14.9. The van der Waals surface area contributed by atoms with Crippen molar-refractivity contribution in [2.75, 3.05) is 6.54 Å². The van der Waals surface area contributed by atoms with E-state index in [4.69, 9.17) is 16.0 Å². The lowest BCUT2D eigenvalue weighted by atomic mass is 10.1. The molecule has 1 amide bonds. The lowest BCUT2D eigenvalue weighted by Gasteiger charge is -2.06.